The molecule has 0 saturated carbocycles. The minimum absolute atomic E-state index is 0.189. The van der Waals surface area contributed by atoms with Crippen LogP contribution in [0.25, 0.3) is 11.3 Å². The molecule has 2 aromatic heterocycles. The van der Waals surface area contributed by atoms with Crippen molar-refractivity contribution in [3.63, 3.8) is 0 Å². The molecular formula is C15H13ClN4O. The molecule has 2 heterocycles. The molecule has 0 spiro atoms. The van der Waals surface area contributed by atoms with Crippen molar-refractivity contribution in [3.8, 4) is 11.3 Å². The molecule has 21 heavy (non-hydrogen) atoms. The molecule has 0 aliphatic heterocycles. The van der Waals surface area contributed by atoms with Gasteiger partial charge in [0.2, 0.25) is 0 Å². The van der Waals surface area contributed by atoms with E-state index in [1.54, 1.807) is 10.9 Å². The van der Waals surface area contributed by atoms with Gasteiger partial charge in [0.25, 0.3) is 5.56 Å². The first-order valence-electron chi connectivity index (χ1n) is 6.44. The van der Waals surface area contributed by atoms with Crippen LogP contribution in [0.1, 0.15) is 11.4 Å². The molecule has 3 rings (SSSR count). The molecule has 0 atom stereocenters. The molecule has 5 nitrogen and oxygen atoms in total. The topological polar surface area (TPSA) is 63.6 Å². The zero-order valence-electron chi connectivity index (χ0n) is 11.4. The van der Waals surface area contributed by atoms with Crippen LogP contribution in [0.3, 0.4) is 0 Å². The fourth-order valence-electron chi connectivity index (χ4n) is 2.12. The standard InChI is InChI=1S/C15H13ClN4O/c1-20-9-11(8-17-20)13-7-15(21)19-14(18-13)6-10-4-2-3-5-12(10)16/h2-5,7-9H,6H2,1H3,(H,18,19,21). The fourth-order valence-corrected chi connectivity index (χ4v) is 2.32. The van der Waals surface area contributed by atoms with E-state index in [0.29, 0.717) is 23.0 Å². The molecule has 0 radical (unpaired) electrons. The van der Waals surface area contributed by atoms with E-state index in [-0.39, 0.29) is 5.56 Å². The number of aryl methyl sites for hydroxylation is 1. The Bertz CT molecular complexity index is 837. The number of nitrogens with zero attached hydrogens (tertiary/aromatic N) is 3. The highest BCUT2D eigenvalue weighted by Gasteiger charge is 2.08. The van der Waals surface area contributed by atoms with Crippen LogP contribution < -0.4 is 5.56 Å². The minimum atomic E-state index is -0.189. The summed E-state index contributed by atoms with van der Waals surface area (Å²) in [5, 5.41) is 4.75. The molecule has 1 N–H and O–H groups in total. The van der Waals surface area contributed by atoms with Gasteiger partial charge in [0.15, 0.2) is 0 Å². The number of hydrogen-bond acceptors (Lipinski definition) is 3. The molecular weight excluding hydrogens is 288 g/mol. The van der Waals surface area contributed by atoms with E-state index in [1.165, 1.54) is 6.07 Å². The predicted molar refractivity (Wildman–Crippen MR) is 81.3 cm³/mol. The Hall–Kier alpha value is -2.40. The number of rotatable bonds is 3. The first-order chi connectivity index (χ1) is 10.1. The van der Waals surface area contributed by atoms with Crippen molar-refractivity contribution in [1.29, 1.82) is 0 Å². The lowest BCUT2D eigenvalue weighted by molar-refractivity contribution is 0.768. The molecule has 0 aliphatic rings. The number of aromatic amines is 1. The van der Waals surface area contributed by atoms with Crippen LogP contribution in [0.5, 0.6) is 0 Å². The smallest absolute Gasteiger partial charge is 0.251 e. The Balaban J connectivity index is 1.99. The van der Waals surface area contributed by atoms with Gasteiger partial charge in [-0.2, -0.15) is 5.10 Å². The van der Waals surface area contributed by atoms with Crippen molar-refractivity contribution in [3.05, 3.63) is 69.5 Å². The maximum Gasteiger partial charge on any atom is 0.251 e. The largest absolute Gasteiger partial charge is 0.310 e. The first-order valence-corrected chi connectivity index (χ1v) is 6.82. The molecule has 0 bridgehead atoms. The Morgan fingerprint density at radius 3 is 2.86 bits per heavy atom. The molecule has 0 aliphatic carbocycles. The van der Waals surface area contributed by atoms with Crippen LogP contribution >= 0.6 is 11.6 Å². The minimum Gasteiger partial charge on any atom is -0.310 e. The third kappa shape index (κ3) is 3.03. The molecule has 0 saturated heterocycles. The number of H-pyrrole nitrogens is 1. The third-order valence-electron chi connectivity index (χ3n) is 3.11. The van der Waals surface area contributed by atoms with Crippen molar-refractivity contribution in [2.75, 3.05) is 0 Å². The number of aromatic nitrogens is 4. The third-order valence-corrected chi connectivity index (χ3v) is 3.48. The van der Waals surface area contributed by atoms with Gasteiger partial charge >= 0.3 is 0 Å². The average Bonchev–Trinajstić information content (AvgIpc) is 2.88. The highest BCUT2D eigenvalue weighted by Crippen LogP contribution is 2.19. The predicted octanol–water partition coefficient (Wildman–Crippen LogP) is 2.41. The number of hydrogen-bond donors (Lipinski definition) is 1. The second-order valence-corrected chi connectivity index (χ2v) is 5.16. The molecule has 106 valence electrons. The Kier molecular flexibility index (Phi) is 3.58. The summed E-state index contributed by atoms with van der Waals surface area (Å²) < 4.78 is 1.67. The van der Waals surface area contributed by atoms with Crippen molar-refractivity contribution in [2.24, 2.45) is 7.05 Å². The second kappa shape index (κ2) is 5.54. The van der Waals surface area contributed by atoms with Gasteiger partial charge in [-0.1, -0.05) is 29.8 Å². The molecule has 0 fully saturated rings. The zero-order valence-corrected chi connectivity index (χ0v) is 12.1. The molecule has 6 heteroatoms. The van der Waals surface area contributed by atoms with Crippen molar-refractivity contribution in [1.82, 2.24) is 19.7 Å². The maximum atomic E-state index is 11.8. The van der Waals surface area contributed by atoms with E-state index < -0.39 is 0 Å². The van der Waals surface area contributed by atoms with Crippen LogP contribution in [-0.4, -0.2) is 19.7 Å². The average molecular weight is 301 g/mol. The van der Waals surface area contributed by atoms with Crippen LogP contribution in [0.4, 0.5) is 0 Å². The van der Waals surface area contributed by atoms with Gasteiger partial charge in [-0.3, -0.25) is 9.48 Å². The number of halogens is 1. The lowest BCUT2D eigenvalue weighted by atomic mass is 10.1. The van der Waals surface area contributed by atoms with Crippen molar-refractivity contribution < 1.29 is 0 Å². The summed E-state index contributed by atoms with van der Waals surface area (Å²) >= 11 is 6.14. The van der Waals surface area contributed by atoms with Gasteiger partial charge in [0.05, 0.1) is 11.9 Å². The van der Waals surface area contributed by atoms with Gasteiger partial charge in [-0.05, 0) is 11.6 Å². The van der Waals surface area contributed by atoms with Gasteiger partial charge in [0, 0.05) is 36.3 Å². The Labute approximate surface area is 126 Å². The molecule has 1 aromatic carbocycles. The lowest BCUT2D eigenvalue weighted by Gasteiger charge is -2.05. The van der Waals surface area contributed by atoms with Gasteiger partial charge in [0.1, 0.15) is 5.82 Å². The van der Waals surface area contributed by atoms with Crippen LogP contribution in [0.2, 0.25) is 5.02 Å². The second-order valence-electron chi connectivity index (χ2n) is 4.75. The summed E-state index contributed by atoms with van der Waals surface area (Å²) in [5.74, 6) is 0.578. The summed E-state index contributed by atoms with van der Waals surface area (Å²) in [7, 11) is 1.82. The molecule has 0 unspecified atom stereocenters. The summed E-state index contributed by atoms with van der Waals surface area (Å²) in [6, 6.07) is 8.98. The SMILES string of the molecule is Cn1cc(-c2cc(=O)[nH]c(Cc3ccccc3Cl)n2)cn1. The molecule has 0 amide bonds. The van der Waals surface area contributed by atoms with Crippen LogP contribution in [0, 0.1) is 0 Å². The summed E-state index contributed by atoms with van der Waals surface area (Å²) in [6.07, 6.45) is 3.98. The summed E-state index contributed by atoms with van der Waals surface area (Å²) in [5.41, 5.74) is 2.15. The number of nitrogens with one attached hydrogen (secondary N) is 1. The Morgan fingerprint density at radius 2 is 2.14 bits per heavy atom. The van der Waals surface area contributed by atoms with Crippen molar-refractivity contribution >= 4 is 11.6 Å². The van der Waals surface area contributed by atoms with Crippen LogP contribution in [0.15, 0.2) is 47.5 Å². The first kappa shape index (κ1) is 13.6. The van der Waals surface area contributed by atoms with E-state index in [1.807, 2.05) is 37.5 Å². The van der Waals surface area contributed by atoms with Gasteiger partial charge < -0.3 is 4.98 Å². The highest BCUT2D eigenvalue weighted by molar-refractivity contribution is 6.31. The van der Waals surface area contributed by atoms with E-state index in [4.69, 9.17) is 11.6 Å². The monoisotopic (exact) mass is 300 g/mol. The zero-order chi connectivity index (χ0) is 14.8. The highest BCUT2D eigenvalue weighted by atomic mass is 35.5. The Morgan fingerprint density at radius 1 is 1.33 bits per heavy atom. The van der Waals surface area contributed by atoms with E-state index in [2.05, 4.69) is 15.1 Å². The molecule has 3 aromatic rings. The maximum absolute atomic E-state index is 11.8. The summed E-state index contributed by atoms with van der Waals surface area (Å²) in [6.45, 7) is 0. The summed E-state index contributed by atoms with van der Waals surface area (Å²) in [4.78, 5) is 19.0. The van der Waals surface area contributed by atoms with Crippen molar-refractivity contribution in [2.45, 2.75) is 6.42 Å². The van der Waals surface area contributed by atoms with E-state index in [0.717, 1.165) is 11.1 Å². The van der Waals surface area contributed by atoms with E-state index in [9.17, 15) is 4.79 Å². The fraction of sp³-hybridized carbons (Fsp3) is 0.133. The van der Waals surface area contributed by atoms with Crippen LogP contribution in [-0.2, 0) is 13.5 Å². The quantitative estimate of drug-likeness (QED) is 0.808. The normalized spacial score (nSPS) is 10.8. The van der Waals surface area contributed by atoms with Gasteiger partial charge in [-0.25, -0.2) is 4.98 Å². The van der Waals surface area contributed by atoms with Gasteiger partial charge in [-0.15, -0.1) is 0 Å². The lowest BCUT2D eigenvalue weighted by Crippen LogP contribution is -2.11. The van der Waals surface area contributed by atoms with E-state index >= 15 is 0 Å². The number of benzene rings is 1.